The van der Waals surface area contributed by atoms with E-state index in [0.29, 0.717) is 12.2 Å². The zero-order valence-electron chi connectivity index (χ0n) is 11.5. The number of ether oxygens (including phenoxy) is 2. The van der Waals surface area contributed by atoms with E-state index < -0.39 is 0 Å². The first-order chi connectivity index (χ1) is 8.78. The van der Waals surface area contributed by atoms with Gasteiger partial charge >= 0.3 is 0 Å². The molecule has 0 bridgehead atoms. The molecule has 0 aliphatic carbocycles. The second-order valence-electron chi connectivity index (χ2n) is 5.53. The predicted octanol–water partition coefficient (Wildman–Crippen LogP) is 1.42. The highest BCUT2D eigenvalue weighted by Crippen LogP contribution is 2.17. The third kappa shape index (κ3) is 4.50. The Morgan fingerprint density at radius 3 is 2.72 bits per heavy atom. The normalized spacial score (nSPS) is 28.7. The van der Waals surface area contributed by atoms with E-state index in [1.807, 2.05) is 6.92 Å². The Hall–Kier alpha value is -0.160. The van der Waals surface area contributed by atoms with Gasteiger partial charge < -0.3 is 19.5 Å². The van der Waals surface area contributed by atoms with Gasteiger partial charge in [-0.15, -0.1) is 0 Å². The smallest absolute Gasteiger partial charge is 0.0809 e. The Kier molecular flexibility index (Phi) is 5.89. The largest absolute Gasteiger partial charge is 0.392 e. The van der Waals surface area contributed by atoms with Crippen LogP contribution in [-0.4, -0.2) is 61.2 Å². The first kappa shape index (κ1) is 14.3. The lowest BCUT2D eigenvalue weighted by Gasteiger charge is -2.33. The highest BCUT2D eigenvalue weighted by molar-refractivity contribution is 4.75. The van der Waals surface area contributed by atoms with Crippen LogP contribution in [0.2, 0.25) is 0 Å². The van der Waals surface area contributed by atoms with Crippen molar-refractivity contribution in [3.63, 3.8) is 0 Å². The molecule has 18 heavy (non-hydrogen) atoms. The van der Waals surface area contributed by atoms with Crippen LogP contribution in [0, 0.1) is 0 Å². The van der Waals surface area contributed by atoms with Gasteiger partial charge in [0.25, 0.3) is 0 Å². The molecule has 2 saturated heterocycles. The van der Waals surface area contributed by atoms with Crippen molar-refractivity contribution in [3.05, 3.63) is 0 Å². The van der Waals surface area contributed by atoms with Gasteiger partial charge in [-0.2, -0.15) is 0 Å². The molecular formula is C14H27NO3. The molecule has 2 rings (SSSR count). The lowest BCUT2D eigenvalue weighted by molar-refractivity contribution is -0.0453. The second-order valence-corrected chi connectivity index (χ2v) is 5.53. The summed E-state index contributed by atoms with van der Waals surface area (Å²) in [5, 5.41) is 9.63. The fraction of sp³-hybridized carbons (Fsp3) is 1.00. The summed E-state index contributed by atoms with van der Waals surface area (Å²) in [4.78, 5) is 2.35. The van der Waals surface area contributed by atoms with E-state index >= 15 is 0 Å². The van der Waals surface area contributed by atoms with Crippen molar-refractivity contribution in [1.29, 1.82) is 0 Å². The van der Waals surface area contributed by atoms with Crippen molar-refractivity contribution < 1.29 is 14.6 Å². The summed E-state index contributed by atoms with van der Waals surface area (Å²) in [6.45, 7) is 6.61. The third-order valence-corrected chi connectivity index (χ3v) is 4.02. The number of likely N-dealkylation sites (tertiary alicyclic amines) is 1. The molecule has 4 nitrogen and oxygen atoms in total. The Balaban J connectivity index is 1.58. The number of hydrogen-bond donors (Lipinski definition) is 1. The molecule has 2 atom stereocenters. The van der Waals surface area contributed by atoms with Gasteiger partial charge in [-0.3, -0.25) is 0 Å². The van der Waals surface area contributed by atoms with E-state index in [1.165, 1.54) is 6.42 Å². The first-order valence-corrected chi connectivity index (χ1v) is 7.41. The first-order valence-electron chi connectivity index (χ1n) is 7.41. The minimum absolute atomic E-state index is 0.172. The molecule has 2 fully saturated rings. The van der Waals surface area contributed by atoms with Gasteiger partial charge in [0.15, 0.2) is 0 Å². The van der Waals surface area contributed by atoms with Crippen molar-refractivity contribution in [2.75, 3.05) is 32.8 Å². The lowest BCUT2D eigenvalue weighted by Crippen LogP contribution is -2.41. The molecular weight excluding hydrogens is 230 g/mol. The fourth-order valence-electron chi connectivity index (χ4n) is 2.70. The topological polar surface area (TPSA) is 41.9 Å². The highest BCUT2D eigenvalue weighted by atomic mass is 16.5. The van der Waals surface area contributed by atoms with Crippen LogP contribution in [0.1, 0.15) is 39.0 Å². The van der Waals surface area contributed by atoms with Crippen LogP contribution < -0.4 is 0 Å². The lowest BCUT2D eigenvalue weighted by atomic mass is 10.1. The maximum Gasteiger partial charge on any atom is 0.0809 e. The maximum absolute atomic E-state index is 9.63. The van der Waals surface area contributed by atoms with Crippen LogP contribution in [-0.2, 0) is 9.47 Å². The van der Waals surface area contributed by atoms with Crippen molar-refractivity contribution in [1.82, 2.24) is 4.90 Å². The van der Waals surface area contributed by atoms with Crippen LogP contribution in [0.15, 0.2) is 0 Å². The molecule has 0 aromatic carbocycles. The zero-order chi connectivity index (χ0) is 12.8. The number of β-amino-alcohol motifs (C(OH)–C–C–N with tert-alkyl or cyclic N) is 1. The van der Waals surface area contributed by atoms with Gasteiger partial charge in [-0.05, 0) is 32.1 Å². The Labute approximate surface area is 110 Å². The molecule has 0 aromatic heterocycles. The van der Waals surface area contributed by atoms with Gasteiger partial charge in [0.05, 0.1) is 24.9 Å². The second kappa shape index (κ2) is 7.43. The number of rotatable bonds is 6. The summed E-state index contributed by atoms with van der Waals surface area (Å²) in [6, 6.07) is 0. The van der Waals surface area contributed by atoms with Crippen molar-refractivity contribution in [2.24, 2.45) is 0 Å². The summed E-state index contributed by atoms with van der Waals surface area (Å²) in [5.74, 6) is 0. The summed E-state index contributed by atoms with van der Waals surface area (Å²) in [5.41, 5.74) is 0. The van der Waals surface area contributed by atoms with Crippen molar-refractivity contribution in [3.8, 4) is 0 Å². The quantitative estimate of drug-likeness (QED) is 0.781. The van der Waals surface area contributed by atoms with E-state index in [4.69, 9.17) is 9.47 Å². The molecule has 1 N–H and O–H groups in total. The summed E-state index contributed by atoms with van der Waals surface area (Å²) in [6.07, 6.45) is 5.91. The maximum atomic E-state index is 9.63. The van der Waals surface area contributed by atoms with E-state index in [-0.39, 0.29) is 6.10 Å². The number of aliphatic hydroxyl groups is 1. The average molecular weight is 257 g/mol. The molecule has 0 saturated carbocycles. The molecule has 0 aromatic rings. The molecule has 4 heteroatoms. The van der Waals surface area contributed by atoms with Gasteiger partial charge in [0.1, 0.15) is 0 Å². The molecule has 2 aliphatic rings. The minimum Gasteiger partial charge on any atom is -0.392 e. The SMILES string of the molecule is CCC(O)CN1CCC(OCC2CCCO2)CC1. The van der Waals surface area contributed by atoms with E-state index in [0.717, 1.165) is 58.5 Å². The van der Waals surface area contributed by atoms with Gasteiger partial charge in [0, 0.05) is 26.2 Å². The standard InChI is InChI=1S/C14H27NO3/c1-2-12(16)10-15-7-5-13(6-8-15)18-11-14-4-3-9-17-14/h12-14,16H,2-11H2,1H3. The molecule has 0 amide bonds. The Morgan fingerprint density at radius 2 is 2.11 bits per heavy atom. The van der Waals surface area contributed by atoms with Gasteiger partial charge in [-0.25, -0.2) is 0 Å². The summed E-state index contributed by atoms with van der Waals surface area (Å²) < 4.78 is 11.5. The molecule has 2 aliphatic heterocycles. The molecule has 0 spiro atoms. The summed E-state index contributed by atoms with van der Waals surface area (Å²) in [7, 11) is 0. The van der Waals surface area contributed by atoms with E-state index in [9.17, 15) is 5.11 Å². The van der Waals surface area contributed by atoms with Crippen LogP contribution in [0.4, 0.5) is 0 Å². The van der Waals surface area contributed by atoms with Crippen LogP contribution in [0.25, 0.3) is 0 Å². The highest BCUT2D eigenvalue weighted by Gasteiger charge is 2.23. The number of hydrogen-bond acceptors (Lipinski definition) is 4. The molecule has 0 radical (unpaired) electrons. The van der Waals surface area contributed by atoms with E-state index in [1.54, 1.807) is 0 Å². The Morgan fingerprint density at radius 1 is 1.33 bits per heavy atom. The van der Waals surface area contributed by atoms with Gasteiger partial charge in [0.2, 0.25) is 0 Å². The average Bonchev–Trinajstić information content (AvgIpc) is 2.91. The van der Waals surface area contributed by atoms with Crippen molar-refractivity contribution >= 4 is 0 Å². The van der Waals surface area contributed by atoms with Crippen LogP contribution >= 0.6 is 0 Å². The monoisotopic (exact) mass is 257 g/mol. The van der Waals surface area contributed by atoms with E-state index in [2.05, 4.69) is 4.90 Å². The molecule has 2 unspecified atom stereocenters. The van der Waals surface area contributed by atoms with Crippen LogP contribution in [0.3, 0.4) is 0 Å². The molecule has 2 heterocycles. The predicted molar refractivity (Wildman–Crippen MR) is 70.7 cm³/mol. The number of nitrogens with zero attached hydrogens (tertiary/aromatic N) is 1. The van der Waals surface area contributed by atoms with Crippen molar-refractivity contribution in [2.45, 2.75) is 57.3 Å². The minimum atomic E-state index is -0.172. The fourth-order valence-corrected chi connectivity index (χ4v) is 2.70. The van der Waals surface area contributed by atoms with Gasteiger partial charge in [-0.1, -0.05) is 6.92 Å². The summed E-state index contributed by atoms with van der Waals surface area (Å²) >= 11 is 0. The zero-order valence-corrected chi connectivity index (χ0v) is 11.5. The molecule has 106 valence electrons. The van der Waals surface area contributed by atoms with Crippen LogP contribution in [0.5, 0.6) is 0 Å². The Bertz CT molecular complexity index is 223. The number of piperidine rings is 1. The number of aliphatic hydroxyl groups excluding tert-OH is 1. The third-order valence-electron chi connectivity index (χ3n) is 4.02.